The number of aryl methyl sites for hydroxylation is 1. The zero-order chi connectivity index (χ0) is 24.9. The van der Waals surface area contributed by atoms with Gasteiger partial charge in [0.25, 0.3) is 5.56 Å². The molecule has 2 aromatic heterocycles. The molecule has 0 aliphatic heterocycles. The molecule has 2 aromatic carbocycles. The average molecular weight is 480 g/mol. The van der Waals surface area contributed by atoms with E-state index < -0.39 is 23.0 Å². The number of methoxy groups -OCH3 is 1. The molecule has 4 rings (SSSR count). The summed E-state index contributed by atoms with van der Waals surface area (Å²) in [5.74, 6) is -0.828. The number of H-pyrrole nitrogens is 2. The Bertz CT molecular complexity index is 1470. The van der Waals surface area contributed by atoms with E-state index in [0.717, 1.165) is 11.3 Å². The average Bonchev–Trinajstić information content (AvgIpc) is 3.13. The van der Waals surface area contributed by atoms with Crippen molar-refractivity contribution in [3.8, 4) is 0 Å². The number of rotatable bonds is 9. The lowest BCUT2D eigenvalue weighted by molar-refractivity contribution is -0.115. The van der Waals surface area contributed by atoms with Crippen LogP contribution in [0.25, 0.3) is 10.9 Å². The van der Waals surface area contributed by atoms with Gasteiger partial charge in [-0.2, -0.15) is 0 Å². The fraction of sp³-hybridized carbons (Fsp3) is 0.240. The topological polar surface area (TPSA) is 121 Å². The van der Waals surface area contributed by atoms with E-state index in [-0.39, 0.29) is 31.1 Å². The maximum absolute atomic E-state index is 13.8. The third kappa shape index (κ3) is 5.33. The summed E-state index contributed by atoms with van der Waals surface area (Å²) in [6.45, 7) is 2.40. The Morgan fingerprint density at radius 3 is 2.63 bits per heavy atom. The van der Waals surface area contributed by atoms with Gasteiger partial charge in [0.2, 0.25) is 5.91 Å². The molecule has 35 heavy (non-hydrogen) atoms. The predicted octanol–water partition coefficient (Wildman–Crippen LogP) is 2.91. The first-order valence-corrected chi connectivity index (χ1v) is 11.1. The van der Waals surface area contributed by atoms with Gasteiger partial charge in [-0.25, -0.2) is 9.18 Å². The Labute approximate surface area is 200 Å². The zero-order valence-electron chi connectivity index (χ0n) is 19.4. The van der Waals surface area contributed by atoms with Gasteiger partial charge in [-0.05, 0) is 36.2 Å². The van der Waals surface area contributed by atoms with Crippen molar-refractivity contribution in [2.24, 2.45) is 0 Å². The van der Waals surface area contributed by atoms with Crippen molar-refractivity contribution in [2.45, 2.75) is 26.4 Å². The highest BCUT2D eigenvalue weighted by molar-refractivity contribution is 5.97. The number of aromatic nitrogens is 3. The van der Waals surface area contributed by atoms with Crippen LogP contribution in [0.1, 0.15) is 16.8 Å². The highest BCUT2D eigenvalue weighted by Crippen LogP contribution is 2.24. The minimum absolute atomic E-state index is 0.0420. The molecule has 182 valence electrons. The lowest BCUT2D eigenvalue weighted by atomic mass is 10.1. The van der Waals surface area contributed by atoms with Crippen LogP contribution in [0.5, 0.6) is 0 Å². The van der Waals surface area contributed by atoms with Gasteiger partial charge in [-0.15, -0.1) is 0 Å². The van der Waals surface area contributed by atoms with Crippen LogP contribution < -0.4 is 21.9 Å². The molecule has 0 saturated carbocycles. The molecule has 0 bridgehead atoms. The van der Waals surface area contributed by atoms with E-state index in [9.17, 15) is 18.8 Å². The van der Waals surface area contributed by atoms with Crippen LogP contribution in [0.2, 0.25) is 0 Å². The number of ether oxygens (including phenoxy) is 1. The normalized spacial score (nSPS) is 11.1. The molecule has 0 aliphatic rings. The zero-order valence-corrected chi connectivity index (χ0v) is 19.4. The maximum Gasteiger partial charge on any atom is 0.330 e. The molecule has 0 unspecified atom stereocenters. The van der Waals surface area contributed by atoms with Gasteiger partial charge in [0, 0.05) is 30.3 Å². The van der Waals surface area contributed by atoms with Crippen molar-refractivity contribution >= 4 is 28.3 Å². The van der Waals surface area contributed by atoms with E-state index in [1.165, 1.54) is 23.8 Å². The molecular weight excluding hydrogens is 453 g/mol. The molecule has 9 nitrogen and oxygen atoms in total. The summed E-state index contributed by atoms with van der Waals surface area (Å²) in [6, 6.07) is 13.7. The Morgan fingerprint density at radius 1 is 1.11 bits per heavy atom. The third-order valence-corrected chi connectivity index (χ3v) is 5.71. The number of hydrogen-bond acceptors (Lipinski definition) is 5. The van der Waals surface area contributed by atoms with Crippen LogP contribution in [-0.4, -0.2) is 34.2 Å². The molecule has 1 amide bonds. The fourth-order valence-electron chi connectivity index (χ4n) is 3.97. The van der Waals surface area contributed by atoms with Crippen molar-refractivity contribution in [3.05, 3.63) is 92.0 Å². The number of amides is 1. The van der Waals surface area contributed by atoms with Crippen LogP contribution in [0, 0.1) is 12.7 Å². The summed E-state index contributed by atoms with van der Waals surface area (Å²) in [4.78, 5) is 43.9. The summed E-state index contributed by atoms with van der Waals surface area (Å²) >= 11 is 0. The Hall–Kier alpha value is -4.18. The quantitative estimate of drug-likeness (QED) is 0.294. The Kier molecular flexibility index (Phi) is 7.11. The van der Waals surface area contributed by atoms with Gasteiger partial charge in [0.05, 0.1) is 19.6 Å². The summed E-state index contributed by atoms with van der Waals surface area (Å²) < 4.78 is 20.2. The molecule has 0 aliphatic carbocycles. The third-order valence-electron chi connectivity index (χ3n) is 5.71. The van der Waals surface area contributed by atoms with Gasteiger partial charge in [0.15, 0.2) is 0 Å². The second kappa shape index (κ2) is 10.4. The van der Waals surface area contributed by atoms with Gasteiger partial charge < -0.3 is 20.4 Å². The number of carbonyl (C=O) groups excluding carboxylic acids is 1. The van der Waals surface area contributed by atoms with Crippen LogP contribution in [0.3, 0.4) is 0 Å². The number of fused-ring (bicyclic) bond motifs is 1. The molecule has 0 fully saturated rings. The van der Waals surface area contributed by atoms with Gasteiger partial charge in [0.1, 0.15) is 17.3 Å². The number of benzene rings is 2. The Morgan fingerprint density at radius 2 is 1.89 bits per heavy atom. The predicted molar refractivity (Wildman–Crippen MR) is 132 cm³/mol. The number of halogens is 1. The molecule has 10 heteroatoms. The number of aromatic amines is 2. The number of carbonyl (C=O) groups is 1. The van der Waals surface area contributed by atoms with E-state index in [0.29, 0.717) is 23.0 Å². The van der Waals surface area contributed by atoms with Crippen LogP contribution >= 0.6 is 0 Å². The van der Waals surface area contributed by atoms with E-state index in [1.807, 2.05) is 30.3 Å². The van der Waals surface area contributed by atoms with E-state index >= 15 is 0 Å². The minimum Gasteiger partial charge on any atom is -0.383 e. The van der Waals surface area contributed by atoms with E-state index in [4.69, 9.17) is 4.74 Å². The van der Waals surface area contributed by atoms with Crippen molar-refractivity contribution in [1.82, 2.24) is 14.5 Å². The monoisotopic (exact) mass is 479 g/mol. The number of nitrogens with zero attached hydrogens (tertiary/aromatic N) is 1. The molecule has 2 heterocycles. The molecule has 4 N–H and O–H groups in total. The van der Waals surface area contributed by atoms with Crippen LogP contribution in [0.4, 0.5) is 15.9 Å². The van der Waals surface area contributed by atoms with E-state index in [1.54, 1.807) is 13.0 Å². The smallest absolute Gasteiger partial charge is 0.330 e. The van der Waals surface area contributed by atoms with Gasteiger partial charge >= 0.3 is 5.69 Å². The van der Waals surface area contributed by atoms with Gasteiger partial charge in [-0.3, -0.25) is 19.1 Å². The molecule has 0 saturated heterocycles. The summed E-state index contributed by atoms with van der Waals surface area (Å²) in [6.07, 6.45) is -0.0846. The second-order valence-electron chi connectivity index (χ2n) is 8.11. The summed E-state index contributed by atoms with van der Waals surface area (Å²) in [5, 5.41) is 6.37. The highest BCUT2D eigenvalue weighted by Gasteiger charge is 2.19. The summed E-state index contributed by atoms with van der Waals surface area (Å²) in [5.41, 5.74) is 1.72. The van der Waals surface area contributed by atoms with Crippen LogP contribution in [-0.2, 0) is 29.0 Å². The highest BCUT2D eigenvalue weighted by atomic mass is 19.1. The lowest BCUT2D eigenvalue weighted by Crippen LogP contribution is -2.36. The molecule has 0 radical (unpaired) electrons. The lowest BCUT2D eigenvalue weighted by Gasteiger charge is -2.18. The Balaban J connectivity index is 1.68. The number of anilines is 2. The van der Waals surface area contributed by atoms with Crippen molar-refractivity contribution in [3.63, 3.8) is 0 Å². The minimum atomic E-state index is -0.669. The first-order valence-electron chi connectivity index (χ1n) is 11.1. The molecule has 0 atom stereocenters. The van der Waals surface area contributed by atoms with Gasteiger partial charge in [-0.1, -0.05) is 30.3 Å². The second-order valence-corrected chi connectivity index (χ2v) is 8.11. The summed E-state index contributed by atoms with van der Waals surface area (Å²) in [7, 11) is 1.49. The molecular formula is C25H26FN5O4. The van der Waals surface area contributed by atoms with Crippen molar-refractivity contribution < 1.29 is 13.9 Å². The SMILES string of the molecule is COCCn1c(NC(=O)Cc2c(C)[nH]c3ccc(F)cc23)c(NCc2ccccc2)c(=O)[nH]c1=O. The fourth-order valence-corrected chi connectivity index (χ4v) is 3.97. The molecule has 0 spiro atoms. The molecule has 4 aromatic rings. The standard InChI is InChI=1S/C25H26FN5O4/c1-15-18(19-12-17(26)8-9-20(19)28-15)13-21(32)29-23-22(27-14-16-6-4-3-5-7-16)24(33)30-25(34)31(23)10-11-35-2/h3-9,12,27-28H,10-11,13-14H2,1-2H3,(H,29,32)(H,30,33,34). The van der Waals surface area contributed by atoms with E-state index in [2.05, 4.69) is 20.6 Å². The first kappa shape index (κ1) is 24.0. The van der Waals surface area contributed by atoms with Crippen LogP contribution in [0.15, 0.2) is 58.1 Å². The van der Waals surface area contributed by atoms with Crippen molar-refractivity contribution in [1.29, 1.82) is 0 Å². The largest absolute Gasteiger partial charge is 0.383 e. The maximum atomic E-state index is 13.8. The number of hydrogen-bond donors (Lipinski definition) is 4. The van der Waals surface area contributed by atoms with Crippen molar-refractivity contribution in [2.75, 3.05) is 24.4 Å². The first-order chi connectivity index (χ1) is 16.9. The number of nitrogens with one attached hydrogen (secondary N) is 4.